The summed E-state index contributed by atoms with van der Waals surface area (Å²) < 4.78 is 0. The maximum Gasteiger partial charge on any atom is 0.156 e. The lowest BCUT2D eigenvalue weighted by Gasteiger charge is -2.20. The van der Waals surface area contributed by atoms with Crippen LogP contribution in [0.15, 0.2) is 83.1 Å². The fraction of sp³-hybridized carbons (Fsp3) is 0.0952. The highest BCUT2D eigenvalue weighted by Gasteiger charge is 2.15. The molecule has 4 rings (SSSR count). The molecule has 0 amide bonds. The van der Waals surface area contributed by atoms with Gasteiger partial charge >= 0.3 is 0 Å². The first-order chi connectivity index (χ1) is 13.2. The number of fused-ring (bicyclic) bond motifs is 1. The van der Waals surface area contributed by atoms with Crippen molar-refractivity contribution in [3.05, 3.63) is 78.8 Å². The molecule has 0 spiro atoms. The number of hydrogen-bond donors (Lipinski definition) is 1. The number of rotatable bonds is 5. The normalized spacial score (nSPS) is 10.9. The van der Waals surface area contributed by atoms with Gasteiger partial charge in [0.1, 0.15) is 17.0 Å². The van der Waals surface area contributed by atoms with Crippen LogP contribution < -0.4 is 10.6 Å². The van der Waals surface area contributed by atoms with E-state index in [4.69, 9.17) is 5.73 Å². The van der Waals surface area contributed by atoms with E-state index >= 15 is 0 Å². The quantitative estimate of drug-likeness (QED) is 0.523. The monoisotopic (exact) mass is 373 g/mol. The van der Waals surface area contributed by atoms with Gasteiger partial charge in [0, 0.05) is 30.1 Å². The highest BCUT2D eigenvalue weighted by molar-refractivity contribution is 7.99. The average Bonchev–Trinajstić information content (AvgIpc) is 2.70. The van der Waals surface area contributed by atoms with Gasteiger partial charge in [0.25, 0.3) is 0 Å². The number of hydrogen-bond acceptors (Lipinski definition) is 6. The molecule has 2 aromatic heterocycles. The summed E-state index contributed by atoms with van der Waals surface area (Å²) in [5, 5.41) is 1.83. The second-order valence-corrected chi connectivity index (χ2v) is 7.22. The van der Waals surface area contributed by atoms with Gasteiger partial charge in [0.15, 0.2) is 5.82 Å². The summed E-state index contributed by atoms with van der Waals surface area (Å²) in [6, 6.07) is 20.3. The van der Waals surface area contributed by atoms with E-state index in [1.807, 2.05) is 48.3 Å². The van der Waals surface area contributed by atoms with Crippen LogP contribution in [0.5, 0.6) is 0 Å². The number of nitrogen functional groups attached to an aromatic ring is 1. The zero-order chi connectivity index (χ0) is 18.6. The Hall–Kier alpha value is -3.12. The van der Waals surface area contributed by atoms with Gasteiger partial charge in [0.05, 0.1) is 5.52 Å². The minimum absolute atomic E-state index is 0.578. The van der Waals surface area contributed by atoms with Crippen molar-refractivity contribution in [2.24, 2.45) is 0 Å². The Bertz CT molecular complexity index is 1060. The van der Waals surface area contributed by atoms with E-state index in [2.05, 4.69) is 39.2 Å². The highest BCUT2D eigenvalue weighted by Crippen LogP contribution is 2.37. The molecule has 6 heteroatoms. The van der Waals surface area contributed by atoms with Crippen LogP contribution in [0.4, 0.5) is 11.5 Å². The Morgan fingerprint density at radius 3 is 2.59 bits per heavy atom. The fourth-order valence-electron chi connectivity index (χ4n) is 2.95. The highest BCUT2D eigenvalue weighted by atomic mass is 32.2. The van der Waals surface area contributed by atoms with Crippen molar-refractivity contribution in [2.75, 3.05) is 17.7 Å². The minimum atomic E-state index is 0.578. The summed E-state index contributed by atoms with van der Waals surface area (Å²) in [5.41, 5.74) is 9.15. The van der Waals surface area contributed by atoms with Crippen LogP contribution >= 0.6 is 11.8 Å². The molecule has 0 aliphatic rings. The number of aromatic nitrogens is 3. The Morgan fingerprint density at radius 1 is 0.926 bits per heavy atom. The van der Waals surface area contributed by atoms with E-state index in [0.717, 1.165) is 33.2 Å². The Balaban J connectivity index is 1.64. The van der Waals surface area contributed by atoms with Gasteiger partial charge in [0.2, 0.25) is 0 Å². The van der Waals surface area contributed by atoms with Crippen LogP contribution in [-0.2, 0) is 6.54 Å². The zero-order valence-electron chi connectivity index (χ0n) is 14.9. The van der Waals surface area contributed by atoms with Gasteiger partial charge in [-0.1, -0.05) is 60.3 Å². The van der Waals surface area contributed by atoms with Gasteiger partial charge in [-0.15, -0.1) is 0 Å². The lowest BCUT2D eigenvalue weighted by molar-refractivity contribution is 0.882. The zero-order valence-corrected chi connectivity index (χ0v) is 15.7. The van der Waals surface area contributed by atoms with E-state index in [1.54, 1.807) is 12.5 Å². The first-order valence-corrected chi connectivity index (χ1v) is 9.41. The van der Waals surface area contributed by atoms with E-state index in [0.29, 0.717) is 5.69 Å². The lowest BCUT2D eigenvalue weighted by atomic mass is 10.2. The molecular weight excluding hydrogens is 354 g/mol. The molecule has 0 saturated heterocycles. The number of nitrogens with two attached hydrogens (primary N) is 1. The van der Waals surface area contributed by atoms with Crippen molar-refractivity contribution in [3.8, 4) is 0 Å². The van der Waals surface area contributed by atoms with Crippen molar-refractivity contribution < 1.29 is 0 Å². The van der Waals surface area contributed by atoms with E-state index in [1.165, 1.54) is 17.3 Å². The van der Waals surface area contributed by atoms with E-state index in [-0.39, 0.29) is 0 Å². The molecule has 0 bridgehead atoms. The van der Waals surface area contributed by atoms with Crippen LogP contribution in [-0.4, -0.2) is 22.0 Å². The van der Waals surface area contributed by atoms with Gasteiger partial charge in [-0.2, -0.15) is 0 Å². The summed E-state index contributed by atoms with van der Waals surface area (Å²) >= 11 is 1.52. The molecule has 0 saturated carbocycles. The molecule has 0 unspecified atom stereocenters. The van der Waals surface area contributed by atoms with E-state index < -0.39 is 0 Å². The molecule has 5 nitrogen and oxygen atoms in total. The largest absolute Gasteiger partial charge is 0.394 e. The third-order valence-corrected chi connectivity index (χ3v) is 5.32. The summed E-state index contributed by atoms with van der Waals surface area (Å²) in [7, 11) is 1.99. The smallest absolute Gasteiger partial charge is 0.156 e. The topological polar surface area (TPSA) is 67.9 Å². The predicted molar refractivity (Wildman–Crippen MR) is 111 cm³/mol. The van der Waals surface area contributed by atoms with Gasteiger partial charge in [-0.3, -0.25) is 4.98 Å². The molecule has 2 heterocycles. The SMILES string of the molecule is CN(Cc1ccccc1)c1ncnc(Sc2cccc3cccnc23)c1N. The maximum atomic E-state index is 6.42. The van der Waals surface area contributed by atoms with Crippen LogP contribution in [0.25, 0.3) is 10.9 Å². The molecule has 0 atom stereocenters. The number of anilines is 2. The fourth-order valence-corrected chi connectivity index (χ4v) is 3.87. The average molecular weight is 373 g/mol. The van der Waals surface area contributed by atoms with Crippen LogP contribution in [0, 0.1) is 0 Å². The second kappa shape index (κ2) is 7.63. The van der Waals surface area contributed by atoms with Gasteiger partial charge in [-0.25, -0.2) is 9.97 Å². The summed E-state index contributed by atoms with van der Waals surface area (Å²) in [6.07, 6.45) is 3.36. The van der Waals surface area contributed by atoms with Crippen molar-refractivity contribution in [2.45, 2.75) is 16.5 Å². The van der Waals surface area contributed by atoms with Crippen molar-refractivity contribution in [3.63, 3.8) is 0 Å². The first kappa shape index (κ1) is 17.3. The molecule has 2 N–H and O–H groups in total. The molecule has 0 aliphatic carbocycles. The summed E-state index contributed by atoms with van der Waals surface area (Å²) in [5.74, 6) is 0.726. The molecular formula is C21H19N5S. The second-order valence-electron chi connectivity index (χ2n) is 6.19. The van der Waals surface area contributed by atoms with Crippen molar-refractivity contribution >= 4 is 34.2 Å². The number of nitrogens with zero attached hydrogens (tertiary/aromatic N) is 4. The Morgan fingerprint density at radius 2 is 1.74 bits per heavy atom. The number of para-hydroxylation sites is 1. The Kier molecular flexibility index (Phi) is 4.89. The third kappa shape index (κ3) is 3.71. The van der Waals surface area contributed by atoms with Crippen LogP contribution in [0.2, 0.25) is 0 Å². The number of pyridine rings is 1. The molecule has 4 aromatic rings. The maximum absolute atomic E-state index is 6.42. The third-order valence-electron chi connectivity index (χ3n) is 4.25. The van der Waals surface area contributed by atoms with E-state index in [9.17, 15) is 0 Å². The first-order valence-electron chi connectivity index (χ1n) is 8.59. The number of benzene rings is 2. The van der Waals surface area contributed by atoms with Crippen molar-refractivity contribution in [1.82, 2.24) is 15.0 Å². The standard InChI is InChI=1S/C21H19N5S/c1-26(13-15-7-3-2-4-8-15)20-18(22)21(25-14-24-20)27-17-11-5-9-16-10-6-12-23-19(16)17/h2-12,14H,13,22H2,1H3. The minimum Gasteiger partial charge on any atom is -0.394 e. The van der Waals surface area contributed by atoms with Crippen LogP contribution in [0.1, 0.15) is 5.56 Å². The molecule has 0 aliphatic heterocycles. The van der Waals surface area contributed by atoms with Gasteiger partial charge in [-0.05, 0) is 17.7 Å². The molecule has 0 fully saturated rings. The van der Waals surface area contributed by atoms with Crippen LogP contribution in [0.3, 0.4) is 0 Å². The van der Waals surface area contributed by atoms with Crippen molar-refractivity contribution in [1.29, 1.82) is 0 Å². The molecule has 0 radical (unpaired) electrons. The summed E-state index contributed by atoms with van der Waals surface area (Å²) in [4.78, 5) is 16.4. The molecule has 2 aromatic carbocycles. The predicted octanol–water partition coefficient (Wildman–Crippen LogP) is 4.39. The molecule has 134 valence electrons. The molecule has 27 heavy (non-hydrogen) atoms. The summed E-state index contributed by atoms with van der Waals surface area (Å²) in [6.45, 7) is 0.724. The van der Waals surface area contributed by atoms with Gasteiger partial charge < -0.3 is 10.6 Å². The lowest BCUT2D eigenvalue weighted by Crippen LogP contribution is -2.19. The Labute approximate surface area is 162 Å².